The van der Waals surface area contributed by atoms with E-state index in [0.717, 1.165) is 42.9 Å². The SMILES string of the molecule is CCCCCCCCCNC1CCCOc2cc(-c3ccc(F)cc3)ccc21. The Labute approximate surface area is 169 Å². The molecule has 2 nitrogen and oxygen atoms in total. The van der Waals surface area contributed by atoms with Crippen LogP contribution in [-0.2, 0) is 0 Å². The lowest BCUT2D eigenvalue weighted by Crippen LogP contribution is -2.22. The summed E-state index contributed by atoms with van der Waals surface area (Å²) in [6, 6.07) is 13.4. The van der Waals surface area contributed by atoms with Gasteiger partial charge in [-0.25, -0.2) is 4.39 Å². The van der Waals surface area contributed by atoms with E-state index in [4.69, 9.17) is 4.74 Å². The molecule has 0 spiro atoms. The van der Waals surface area contributed by atoms with Crippen LogP contribution in [0.3, 0.4) is 0 Å². The molecule has 0 amide bonds. The van der Waals surface area contributed by atoms with Crippen molar-refractivity contribution in [1.29, 1.82) is 0 Å². The van der Waals surface area contributed by atoms with Gasteiger partial charge in [-0.05, 0) is 55.1 Å². The van der Waals surface area contributed by atoms with Gasteiger partial charge in [0.1, 0.15) is 11.6 Å². The Morgan fingerprint density at radius 3 is 2.43 bits per heavy atom. The second-order valence-corrected chi connectivity index (χ2v) is 7.88. The zero-order valence-corrected chi connectivity index (χ0v) is 17.2. The fourth-order valence-corrected chi connectivity index (χ4v) is 3.96. The Morgan fingerprint density at radius 2 is 1.64 bits per heavy atom. The second-order valence-electron chi connectivity index (χ2n) is 7.88. The van der Waals surface area contributed by atoms with E-state index in [-0.39, 0.29) is 5.82 Å². The molecule has 0 radical (unpaired) electrons. The molecular formula is C25H34FNO. The molecule has 1 N–H and O–H groups in total. The molecule has 0 fully saturated rings. The number of ether oxygens (including phenoxy) is 1. The summed E-state index contributed by atoms with van der Waals surface area (Å²) in [5.74, 6) is 0.765. The average molecular weight is 384 g/mol. The van der Waals surface area contributed by atoms with Crippen LogP contribution in [-0.4, -0.2) is 13.2 Å². The maximum absolute atomic E-state index is 13.2. The minimum absolute atomic E-state index is 0.204. The fourth-order valence-electron chi connectivity index (χ4n) is 3.96. The summed E-state index contributed by atoms with van der Waals surface area (Å²) in [5, 5.41) is 3.76. The largest absolute Gasteiger partial charge is 0.493 e. The molecule has 1 aliphatic rings. The molecule has 152 valence electrons. The zero-order valence-electron chi connectivity index (χ0n) is 17.2. The summed E-state index contributed by atoms with van der Waals surface area (Å²) < 4.78 is 19.2. The molecule has 0 saturated heterocycles. The van der Waals surface area contributed by atoms with Crippen LogP contribution in [0.4, 0.5) is 4.39 Å². The third-order valence-corrected chi connectivity index (χ3v) is 5.63. The van der Waals surface area contributed by atoms with Gasteiger partial charge in [-0.1, -0.05) is 69.7 Å². The van der Waals surface area contributed by atoms with Gasteiger partial charge in [0.25, 0.3) is 0 Å². The summed E-state index contributed by atoms with van der Waals surface area (Å²) in [5.41, 5.74) is 3.35. The number of halogens is 1. The highest BCUT2D eigenvalue weighted by Gasteiger charge is 2.19. The van der Waals surface area contributed by atoms with E-state index in [1.54, 1.807) is 0 Å². The van der Waals surface area contributed by atoms with Gasteiger partial charge in [0.05, 0.1) is 6.61 Å². The van der Waals surface area contributed by atoms with Crippen molar-refractivity contribution >= 4 is 0 Å². The number of unbranched alkanes of at least 4 members (excludes halogenated alkanes) is 6. The lowest BCUT2D eigenvalue weighted by atomic mass is 9.97. The normalized spacial score (nSPS) is 16.3. The Morgan fingerprint density at radius 1 is 0.929 bits per heavy atom. The Balaban J connectivity index is 1.56. The van der Waals surface area contributed by atoms with Crippen molar-refractivity contribution in [3.8, 4) is 16.9 Å². The molecule has 1 heterocycles. The van der Waals surface area contributed by atoms with Crippen LogP contribution in [0, 0.1) is 5.82 Å². The number of hydrogen-bond donors (Lipinski definition) is 1. The maximum Gasteiger partial charge on any atom is 0.124 e. The van der Waals surface area contributed by atoms with Gasteiger partial charge in [-0.3, -0.25) is 0 Å². The maximum atomic E-state index is 13.2. The van der Waals surface area contributed by atoms with Crippen LogP contribution in [0.2, 0.25) is 0 Å². The molecule has 0 aromatic heterocycles. The standard InChI is InChI=1S/C25H34FNO/c1-2-3-4-5-6-7-8-17-27-24-10-9-18-28-25-19-21(13-16-23(24)25)20-11-14-22(26)15-12-20/h11-16,19,24,27H,2-10,17-18H2,1H3. The third kappa shape index (κ3) is 6.07. The number of rotatable bonds is 10. The van der Waals surface area contributed by atoms with Crippen molar-refractivity contribution in [2.24, 2.45) is 0 Å². The van der Waals surface area contributed by atoms with Crippen LogP contribution < -0.4 is 10.1 Å². The van der Waals surface area contributed by atoms with Gasteiger partial charge >= 0.3 is 0 Å². The van der Waals surface area contributed by atoms with Crippen molar-refractivity contribution in [3.63, 3.8) is 0 Å². The Hall–Kier alpha value is -1.87. The molecule has 1 unspecified atom stereocenters. The van der Waals surface area contributed by atoms with Crippen LogP contribution in [0.5, 0.6) is 5.75 Å². The molecule has 1 atom stereocenters. The highest BCUT2D eigenvalue weighted by molar-refractivity contribution is 5.66. The number of nitrogens with one attached hydrogen (secondary N) is 1. The first-order valence-electron chi connectivity index (χ1n) is 11.0. The van der Waals surface area contributed by atoms with Gasteiger partial charge in [0, 0.05) is 11.6 Å². The van der Waals surface area contributed by atoms with Gasteiger partial charge in [0.2, 0.25) is 0 Å². The molecule has 0 aliphatic carbocycles. The summed E-state index contributed by atoms with van der Waals surface area (Å²) in [6.07, 6.45) is 11.5. The topological polar surface area (TPSA) is 21.3 Å². The summed E-state index contributed by atoms with van der Waals surface area (Å²) in [4.78, 5) is 0. The quantitative estimate of drug-likeness (QED) is 0.444. The van der Waals surface area contributed by atoms with E-state index in [0.29, 0.717) is 6.04 Å². The number of fused-ring (bicyclic) bond motifs is 1. The molecule has 0 saturated carbocycles. The summed E-state index contributed by atoms with van der Waals surface area (Å²) in [7, 11) is 0. The van der Waals surface area contributed by atoms with Crippen LogP contribution in [0.25, 0.3) is 11.1 Å². The monoisotopic (exact) mass is 383 g/mol. The molecule has 1 aliphatic heterocycles. The Bertz CT molecular complexity index is 713. The zero-order chi connectivity index (χ0) is 19.6. The van der Waals surface area contributed by atoms with Crippen LogP contribution in [0.15, 0.2) is 42.5 Å². The van der Waals surface area contributed by atoms with E-state index in [1.807, 2.05) is 12.1 Å². The van der Waals surface area contributed by atoms with E-state index in [9.17, 15) is 4.39 Å². The van der Waals surface area contributed by atoms with Crippen LogP contribution in [0.1, 0.15) is 76.3 Å². The van der Waals surface area contributed by atoms with Crippen molar-refractivity contribution in [1.82, 2.24) is 5.32 Å². The minimum atomic E-state index is -0.204. The highest BCUT2D eigenvalue weighted by atomic mass is 19.1. The van der Waals surface area contributed by atoms with Gasteiger partial charge in [0.15, 0.2) is 0 Å². The highest BCUT2D eigenvalue weighted by Crippen LogP contribution is 2.35. The molecule has 2 aromatic carbocycles. The first-order chi connectivity index (χ1) is 13.8. The van der Waals surface area contributed by atoms with Crippen molar-refractivity contribution < 1.29 is 9.13 Å². The van der Waals surface area contributed by atoms with Crippen molar-refractivity contribution in [3.05, 3.63) is 53.8 Å². The van der Waals surface area contributed by atoms with E-state index in [1.165, 1.54) is 62.6 Å². The molecule has 3 rings (SSSR count). The van der Waals surface area contributed by atoms with Gasteiger partial charge < -0.3 is 10.1 Å². The summed E-state index contributed by atoms with van der Waals surface area (Å²) >= 11 is 0. The van der Waals surface area contributed by atoms with E-state index in [2.05, 4.69) is 30.4 Å². The molecule has 2 aromatic rings. The molecule has 28 heavy (non-hydrogen) atoms. The first-order valence-corrected chi connectivity index (χ1v) is 11.0. The average Bonchev–Trinajstić information content (AvgIpc) is 2.92. The fraction of sp³-hybridized carbons (Fsp3) is 0.520. The van der Waals surface area contributed by atoms with Crippen molar-refractivity contribution in [2.45, 2.75) is 70.8 Å². The lowest BCUT2D eigenvalue weighted by molar-refractivity contribution is 0.315. The van der Waals surface area contributed by atoms with E-state index < -0.39 is 0 Å². The predicted octanol–water partition coefficient (Wildman–Crippen LogP) is 7.05. The van der Waals surface area contributed by atoms with Crippen molar-refractivity contribution in [2.75, 3.05) is 13.2 Å². The van der Waals surface area contributed by atoms with Crippen LogP contribution >= 0.6 is 0 Å². The minimum Gasteiger partial charge on any atom is -0.493 e. The predicted molar refractivity (Wildman–Crippen MR) is 115 cm³/mol. The molecular weight excluding hydrogens is 349 g/mol. The number of hydrogen-bond acceptors (Lipinski definition) is 2. The van der Waals surface area contributed by atoms with E-state index >= 15 is 0 Å². The lowest BCUT2D eigenvalue weighted by Gasteiger charge is -2.19. The summed E-state index contributed by atoms with van der Waals surface area (Å²) in [6.45, 7) is 4.09. The smallest absolute Gasteiger partial charge is 0.124 e. The third-order valence-electron chi connectivity index (χ3n) is 5.63. The van der Waals surface area contributed by atoms with Gasteiger partial charge in [-0.2, -0.15) is 0 Å². The first kappa shape index (κ1) is 20.9. The number of benzene rings is 2. The molecule has 3 heteroatoms. The molecule has 0 bridgehead atoms. The second kappa shape index (κ2) is 11.2. The van der Waals surface area contributed by atoms with Gasteiger partial charge in [-0.15, -0.1) is 0 Å². The Kier molecular flexibility index (Phi) is 8.35.